The molecule has 16 heavy (non-hydrogen) atoms. The molecule has 0 radical (unpaired) electrons. The van der Waals surface area contributed by atoms with Gasteiger partial charge in [-0.3, -0.25) is 0 Å². The lowest BCUT2D eigenvalue weighted by atomic mass is 9.49. The molecule has 86 valence electrons. The average molecular weight is 235 g/mol. The first-order chi connectivity index (χ1) is 7.73. The van der Waals surface area contributed by atoms with Crippen LogP contribution in [0.4, 0.5) is 0 Å². The number of thiocarbonyl (C=S) groups is 1. The summed E-state index contributed by atoms with van der Waals surface area (Å²) in [4.78, 5) is 0. The fraction of sp³-hybridized carbons (Fsp3) is 0.917. The van der Waals surface area contributed by atoms with E-state index in [1.165, 1.54) is 38.5 Å². The highest BCUT2D eigenvalue weighted by Crippen LogP contribution is 2.61. The molecule has 1 heterocycles. The minimum Gasteiger partial charge on any atom is -0.336 e. The van der Waals surface area contributed by atoms with Crippen molar-refractivity contribution in [2.75, 3.05) is 0 Å². The van der Waals surface area contributed by atoms with Gasteiger partial charge in [0.15, 0.2) is 0 Å². The molecule has 4 saturated carbocycles. The van der Waals surface area contributed by atoms with Crippen LogP contribution in [0, 0.1) is 23.2 Å². The summed E-state index contributed by atoms with van der Waals surface area (Å²) in [5.74, 6) is 2.91. The SMILES string of the molecule is S=C1N=NC(C23CC4CC(CC(C4)C2)C3)N1. The number of hydrogen-bond acceptors (Lipinski definition) is 2. The Labute approximate surface area is 101 Å². The van der Waals surface area contributed by atoms with Crippen molar-refractivity contribution < 1.29 is 0 Å². The molecule has 4 aliphatic carbocycles. The Balaban J connectivity index is 1.66. The molecular formula is C12H17N3S. The maximum Gasteiger partial charge on any atom is 0.215 e. The highest BCUT2D eigenvalue weighted by Gasteiger charge is 2.55. The van der Waals surface area contributed by atoms with Gasteiger partial charge in [-0.15, -0.1) is 5.11 Å². The van der Waals surface area contributed by atoms with E-state index < -0.39 is 0 Å². The third-order valence-electron chi connectivity index (χ3n) is 5.19. The van der Waals surface area contributed by atoms with Crippen molar-refractivity contribution in [3.63, 3.8) is 0 Å². The van der Waals surface area contributed by atoms with Crippen LogP contribution < -0.4 is 5.32 Å². The summed E-state index contributed by atoms with van der Waals surface area (Å²) < 4.78 is 0. The van der Waals surface area contributed by atoms with E-state index in [1.54, 1.807) is 0 Å². The molecule has 1 aliphatic heterocycles. The Kier molecular flexibility index (Phi) is 1.80. The molecule has 3 nitrogen and oxygen atoms in total. The van der Waals surface area contributed by atoms with E-state index in [4.69, 9.17) is 12.2 Å². The first-order valence-corrected chi connectivity index (χ1v) is 6.86. The molecule has 5 rings (SSSR count). The van der Waals surface area contributed by atoms with E-state index in [2.05, 4.69) is 15.5 Å². The van der Waals surface area contributed by atoms with Crippen LogP contribution in [-0.4, -0.2) is 11.3 Å². The zero-order valence-electron chi connectivity index (χ0n) is 9.35. The first kappa shape index (κ1) is 9.51. The van der Waals surface area contributed by atoms with Gasteiger partial charge in [-0.05, 0) is 68.5 Å². The maximum atomic E-state index is 5.08. The van der Waals surface area contributed by atoms with Crippen LogP contribution >= 0.6 is 12.2 Å². The number of hydrogen-bond donors (Lipinski definition) is 1. The summed E-state index contributed by atoms with van der Waals surface area (Å²) in [5, 5.41) is 12.3. The Morgan fingerprint density at radius 2 is 1.62 bits per heavy atom. The molecule has 4 bridgehead atoms. The molecule has 1 atom stereocenters. The number of rotatable bonds is 1. The quantitative estimate of drug-likeness (QED) is 0.709. The molecule has 0 aromatic rings. The third-order valence-corrected chi connectivity index (χ3v) is 5.39. The predicted molar refractivity (Wildman–Crippen MR) is 65.0 cm³/mol. The highest BCUT2D eigenvalue weighted by atomic mass is 32.1. The topological polar surface area (TPSA) is 36.8 Å². The number of azo groups is 1. The third kappa shape index (κ3) is 1.22. The summed E-state index contributed by atoms with van der Waals surface area (Å²) in [6.07, 6.45) is 8.72. The largest absolute Gasteiger partial charge is 0.336 e. The van der Waals surface area contributed by atoms with Crippen LogP contribution in [-0.2, 0) is 0 Å². The van der Waals surface area contributed by atoms with Gasteiger partial charge in [0.05, 0.1) is 0 Å². The minimum atomic E-state index is 0.202. The number of nitrogens with zero attached hydrogens (tertiary/aromatic N) is 2. The number of nitrogens with one attached hydrogen (secondary N) is 1. The summed E-state index contributed by atoms with van der Waals surface area (Å²) in [6, 6.07) is 0. The summed E-state index contributed by atoms with van der Waals surface area (Å²) in [7, 11) is 0. The van der Waals surface area contributed by atoms with Crippen molar-refractivity contribution >= 4 is 17.3 Å². The van der Waals surface area contributed by atoms with Crippen molar-refractivity contribution in [3.8, 4) is 0 Å². The Bertz CT molecular complexity index is 341. The molecule has 0 aromatic carbocycles. The second-order valence-corrected chi connectivity index (χ2v) is 6.73. The molecule has 0 amide bonds. The molecule has 1 N–H and O–H groups in total. The predicted octanol–water partition coefficient (Wildman–Crippen LogP) is 2.87. The summed E-state index contributed by atoms with van der Waals surface area (Å²) in [5.41, 5.74) is 0.402. The second-order valence-electron chi connectivity index (χ2n) is 6.35. The van der Waals surface area contributed by atoms with Crippen LogP contribution in [0.2, 0.25) is 0 Å². The Morgan fingerprint density at radius 1 is 1.06 bits per heavy atom. The van der Waals surface area contributed by atoms with E-state index in [0.717, 1.165) is 17.8 Å². The molecule has 0 aromatic heterocycles. The molecule has 0 spiro atoms. The standard InChI is InChI=1S/C12H17N3S/c16-11-13-10(14-15-11)12-4-7-1-8(5-12)3-9(2-7)6-12/h7-10H,1-6H2,(H,13,16). The molecule has 0 saturated heterocycles. The molecule has 1 unspecified atom stereocenters. The van der Waals surface area contributed by atoms with Gasteiger partial charge < -0.3 is 5.32 Å². The van der Waals surface area contributed by atoms with Gasteiger partial charge in [-0.2, -0.15) is 5.11 Å². The van der Waals surface area contributed by atoms with Gasteiger partial charge in [0.1, 0.15) is 6.17 Å². The Morgan fingerprint density at radius 3 is 2.06 bits per heavy atom. The van der Waals surface area contributed by atoms with E-state index >= 15 is 0 Å². The Hall–Kier alpha value is -0.510. The van der Waals surface area contributed by atoms with Crippen molar-refractivity contribution in [2.24, 2.45) is 33.4 Å². The minimum absolute atomic E-state index is 0.202. The van der Waals surface area contributed by atoms with Crippen molar-refractivity contribution in [3.05, 3.63) is 0 Å². The fourth-order valence-electron chi connectivity index (χ4n) is 5.07. The lowest BCUT2D eigenvalue weighted by Crippen LogP contribution is -2.54. The average Bonchev–Trinajstić information content (AvgIpc) is 2.63. The van der Waals surface area contributed by atoms with E-state index in [1.807, 2.05) is 0 Å². The molecule has 4 heteroatoms. The van der Waals surface area contributed by atoms with E-state index in [-0.39, 0.29) is 6.17 Å². The van der Waals surface area contributed by atoms with Gasteiger partial charge in [0, 0.05) is 5.41 Å². The summed E-state index contributed by atoms with van der Waals surface area (Å²) in [6.45, 7) is 0. The maximum absolute atomic E-state index is 5.08. The van der Waals surface area contributed by atoms with E-state index in [9.17, 15) is 0 Å². The second kappa shape index (κ2) is 3.03. The van der Waals surface area contributed by atoms with Gasteiger partial charge in [0.25, 0.3) is 0 Å². The summed E-state index contributed by atoms with van der Waals surface area (Å²) >= 11 is 5.08. The lowest BCUT2D eigenvalue weighted by Gasteiger charge is -2.57. The highest BCUT2D eigenvalue weighted by molar-refractivity contribution is 7.80. The van der Waals surface area contributed by atoms with Gasteiger partial charge in [-0.25, -0.2) is 0 Å². The van der Waals surface area contributed by atoms with Crippen LogP contribution in [0.5, 0.6) is 0 Å². The van der Waals surface area contributed by atoms with Crippen molar-refractivity contribution in [1.29, 1.82) is 0 Å². The van der Waals surface area contributed by atoms with E-state index in [0.29, 0.717) is 10.5 Å². The van der Waals surface area contributed by atoms with Gasteiger partial charge in [-0.1, -0.05) is 0 Å². The van der Waals surface area contributed by atoms with Crippen molar-refractivity contribution in [1.82, 2.24) is 5.32 Å². The van der Waals surface area contributed by atoms with Crippen LogP contribution in [0.15, 0.2) is 10.2 Å². The fourth-order valence-corrected chi connectivity index (χ4v) is 5.23. The van der Waals surface area contributed by atoms with Gasteiger partial charge in [0.2, 0.25) is 5.11 Å². The first-order valence-electron chi connectivity index (χ1n) is 6.45. The van der Waals surface area contributed by atoms with Crippen LogP contribution in [0.1, 0.15) is 38.5 Å². The normalized spacial score (nSPS) is 53.4. The molecular weight excluding hydrogens is 218 g/mol. The molecule has 5 aliphatic rings. The molecule has 4 fully saturated rings. The zero-order chi connectivity index (χ0) is 10.8. The van der Waals surface area contributed by atoms with Crippen LogP contribution in [0.3, 0.4) is 0 Å². The lowest BCUT2D eigenvalue weighted by molar-refractivity contribution is -0.0684. The smallest absolute Gasteiger partial charge is 0.215 e. The van der Waals surface area contributed by atoms with Crippen LogP contribution in [0.25, 0.3) is 0 Å². The monoisotopic (exact) mass is 235 g/mol. The van der Waals surface area contributed by atoms with Crippen molar-refractivity contribution in [2.45, 2.75) is 44.7 Å². The zero-order valence-corrected chi connectivity index (χ0v) is 10.2. The van der Waals surface area contributed by atoms with Gasteiger partial charge >= 0.3 is 0 Å².